The van der Waals surface area contributed by atoms with Gasteiger partial charge in [-0.3, -0.25) is 9.59 Å². The Morgan fingerprint density at radius 1 is 0.886 bits per heavy atom. The Labute approximate surface area is 210 Å². The largest absolute Gasteiger partial charge is 0.326 e. The fraction of sp³-hybridized carbons (Fsp3) is 0.167. The quantitative estimate of drug-likeness (QED) is 0.156. The lowest BCUT2D eigenvalue weighted by molar-refractivity contribution is -0.117. The van der Waals surface area contributed by atoms with Gasteiger partial charge in [0.1, 0.15) is 16.0 Å². The van der Waals surface area contributed by atoms with Crippen molar-refractivity contribution in [2.75, 3.05) is 5.32 Å². The third-order valence-electron chi connectivity index (χ3n) is 5.60. The molecule has 1 N–H and O–H groups in total. The number of rotatable bonds is 6. The van der Waals surface area contributed by atoms with Crippen molar-refractivity contribution < 1.29 is 31.5 Å². The summed E-state index contributed by atoms with van der Waals surface area (Å²) in [5, 5.41) is 2.53. The second-order valence-corrected chi connectivity index (χ2v) is 9.80. The minimum atomic E-state index is -1.72. The van der Waals surface area contributed by atoms with Gasteiger partial charge in [0.05, 0.1) is 10.9 Å². The fourth-order valence-corrected chi connectivity index (χ4v) is 4.84. The van der Waals surface area contributed by atoms with Crippen molar-refractivity contribution in [2.45, 2.75) is 16.7 Å². The molecule has 182 valence electrons. The summed E-state index contributed by atoms with van der Waals surface area (Å²) in [6.45, 7) is 0. The summed E-state index contributed by atoms with van der Waals surface area (Å²) in [7, 11) is 0. The highest BCUT2D eigenvalue weighted by atomic mass is 35.5. The molecule has 1 aliphatic carbocycles. The maximum Gasteiger partial charge on any atom is 0.231 e. The second-order valence-electron chi connectivity index (χ2n) is 7.95. The minimum absolute atomic E-state index is 0.0288. The van der Waals surface area contributed by atoms with E-state index in [1.165, 1.54) is 18.2 Å². The number of ketones is 1. The number of Topliss-reactive ketones (excluding diaryl/α,β-unsaturated/α-hetero) is 1. The summed E-state index contributed by atoms with van der Waals surface area (Å²) in [4.78, 5) is 25.5. The van der Waals surface area contributed by atoms with Crippen LogP contribution >= 0.6 is 34.8 Å². The molecule has 0 bridgehead atoms. The predicted octanol–water partition coefficient (Wildman–Crippen LogP) is 6.99. The van der Waals surface area contributed by atoms with Crippen LogP contribution in [0.15, 0.2) is 48.5 Å². The van der Waals surface area contributed by atoms with Crippen LogP contribution in [-0.2, 0) is 11.2 Å². The number of halogens is 8. The highest BCUT2D eigenvalue weighted by Crippen LogP contribution is 2.65. The summed E-state index contributed by atoms with van der Waals surface area (Å²) >= 11 is 18.4. The van der Waals surface area contributed by atoms with E-state index in [-0.39, 0.29) is 27.4 Å². The molecule has 0 heterocycles. The first-order chi connectivity index (χ1) is 16.4. The molecule has 11 heteroatoms. The maximum absolute atomic E-state index is 13.9. The summed E-state index contributed by atoms with van der Waals surface area (Å²) in [6.07, 6.45) is -0.415. The molecule has 0 radical (unpaired) electrons. The zero-order valence-electron chi connectivity index (χ0n) is 17.3. The molecule has 1 aliphatic rings. The normalized spacial score (nSPS) is 18.3. The number of carbonyl (C=O) groups excluding carboxylic acids is 2. The lowest BCUT2D eigenvalue weighted by Gasteiger charge is -2.10. The van der Waals surface area contributed by atoms with Gasteiger partial charge in [-0.1, -0.05) is 17.7 Å². The van der Waals surface area contributed by atoms with Crippen molar-refractivity contribution in [1.82, 2.24) is 0 Å². The van der Waals surface area contributed by atoms with Crippen molar-refractivity contribution in [1.29, 1.82) is 0 Å². The topological polar surface area (TPSA) is 46.2 Å². The predicted molar refractivity (Wildman–Crippen MR) is 121 cm³/mol. The Balaban J connectivity index is 1.52. The Bertz CT molecular complexity index is 1340. The van der Waals surface area contributed by atoms with E-state index in [4.69, 9.17) is 34.8 Å². The van der Waals surface area contributed by atoms with E-state index >= 15 is 0 Å². The van der Waals surface area contributed by atoms with Crippen molar-refractivity contribution >= 4 is 52.2 Å². The van der Waals surface area contributed by atoms with Crippen LogP contribution in [0.2, 0.25) is 5.02 Å². The summed E-state index contributed by atoms with van der Waals surface area (Å²) in [5.74, 6) is -9.74. The molecule has 3 aromatic rings. The van der Waals surface area contributed by atoms with E-state index < -0.39 is 63.4 Å². The van der Waals surface area contributed by atoms with Gasteiger partial charge >= 0.3 is 0 Å². The van der Waals surface area contributed by atoms with E-state index in [1.807, 2.05) is 0 Å². The molecular weight excluding hydrogens is 536 g/mol. The molecule has 2 atom stereocenters. The summed E-state index contributed by atoms with van der Waals surface area (Å²) in [6, 6.07) is 8.19. The first-order valence-electron chi connectivity index (χ1n) is 10.00. The minimum Gasteiger partial charge on any atom is -0.326 e. The maximum atomic E-state index is 13.9. The van der Waals surface area contributed by atoms with Gasteiger partial charge in [0, 0.05) is 29.7 Å². The van der Waals surface area contributed by atoms with E-state index in [0.717, 1.165) is 12.1 Å². The van der Waals surface area contributed by atoms with Crippen LogP contribution in [0.4, 0.5) is 27.6 Å². The highest BCUT2D eigenvalue weighted by Gasteiger charge is 2.67. The molecule has 4 rings (SSSR count). The van der Waals surface area contributed by atoms with Gasteiger partial charge in [-0.15, -0.1) is 23.2 Å². The number of benzene rings is 3. The number of nitrogens with one attached hydrogen (secondary N) is 1. The van der Waals surface area contributed by atoms with Crippen molar-refractivity contribution in [2.24, 2.45) is 5.92 Å². The molecule has 1 fully saturated rings. The van der Waals surface area contributed by atoms with Crippen LogP contribution in [0.5, 0.6) is 0 Å². The van der Waals surface area contributed by atoms with E-state index in [1.54, 1.807) is 0 Å². The van der Waals surface area contributed by atoms with Crippen LogP contribution in [0.1, 0.15) is 27.4 Å². The van der Waals surface area contributed by atoms with Crippen molar-refractivity contribution in [3.05, 3.63) is 99.3 Å². The average molecular weight is 549 g/mol. The van der Waals surface area contributed by atoms with Gasteiger partial charge in [-0.25, -0.2) is 22.0 Å². The molecule has 0 unspecified atom stereocenters. The van der Waals surface area contributed by atoms with E-state index in [2.05, 4.69) is 5.32 Å². The van der Waals surface area contributed by atoms with Gasteiger partial charge in [-0.2, -0.15) is 0 Å². The average Bonchev–Trinajstić information content (AvgIpc) is 3.37. The molecule has 1 amide bonds. The van der Waals surface area contributed by atoms with Crippen molar-refractivity contribution in [3.63, 3.8) is 0 Å². The van der Waals surface area contributed by atoms with Gasteiger partial charge in [0.15, 0.2) is 23.2 Å². The molecule has 0 spiro atoms. The zero-order valence-corrected chi connectivity index (χ0v) is 19.6. The third-order valence-corrected chi connectivity index (χ3v) is 6.87. The number of amides is 1. The monoisotopic (exact) mass is 547 g/mol. The number of anilines is 1. The molecule has 1 saturated carbocycles. The SMILES string of the molecule is O=C(Cc1ccc(F)cc1F)c1cc(NC(=O)[C@@H]2[C@@H](c3cc(F)c(F)c(F)c3)C2(Cl)Cl)ccc1Cl. The van der Waals surface area contributed by atoms with Crippen LogP contribution in [0, 0.1) is 35.0 Å². The molecule has 0 aromatic heterocycles. The van der Waals surface area contributed by atoms with Gasteiger partial charge in [-0.05, 0) is 47.5 Å². The Kier molecular flexibility index (Phi) is 6.83. The van der Waals surface area contributed by atoms with Gasteiger partial charge in [0.2, 0.25) is 5.91 Å². The highest BCUT2D eigenvalue weighted by molar-refractivity contribution is 6.53. The Morgan fingerprint density at radius 2 is 1.54 bits per heavy atom. The number of carbonyl (C=O) groups is 2. The second kappa shape index (κ2) is 9.41. The van der Waals surface area contributed by atoms with Crippen molar-refractivity contribution in [3.8, 4) is 0 Å². The molecular formula is C24H13Cl3F5NO2. The smallest absolute Gasteiger partial charge is 0.231 e. The van der Waals surface area contributed by atoms with E-state index in [9.17, 15) is 31.5 Å². The van der Waals surface area contributed by atoms with Crippen LogP contribution < -0.4 is 5.32 Å². The molecule has 3 aromatic carbocycles. The Hall–Kier alpha value is -2.68. The Morgan fingerprint density at radius 3 is 2.17 bits per heavy atom. The fourth-order valence-electron chi connectivity index (χ4n) is 3.79. The van der Waals surface area contributed by atoms with E-state index in [0.29, 0.717) is 18.2 Å². The molecule has 0 aliphatic heterocycles. The third kappa shape index (κ3) is 5.01. The van der Waals surface area contributed by atoms with Gasteiger partial charge < -0.3 is 5.32 Å². The van der Waals surface area contributed by atoms with Crippen LogP contribution in [0.25, 0.3) is 0 Å². The molecule has 3 nitrogen and oxygen atoms in total. The summed E-state index contributed by atoms with van der Waals surface area (Å²) in [5.41, 5.74) is -0.0600. The van der Waals surface area contributed by atoms with Crippen LogP contribution in [0.3, 0.4) is 0 Å². The standard InChI is InChI=1S/C24H13Cl3F5NO2/c25-15-4-3-13(9-14(15)19(34)7-10-1-2-12(28)8-16(10)29)33-23(35)21-20(24(21,26)27)11-5-17(30)22(32)18(31)6-11/h1-6,8-9,20-21H,7H2,(H,33,35)/t20-,21+/m1/s1. The number of hydrogen-bond acceptors (Lipinski definition) is 2. The lowest BCUT2D eigenvalue weighted by Crippen LogP contribution is -2.17. The first-order valence-corrected chi connectivity index (χ1v) is 11.1. The first kappa shape index (κ1) is 25.4. The summed E-state index contributed by atoms with van der Waals surface area (Å²) < 4.78 is 65.8. The van der Waals surface area contributed by atoms with Crippen LogP contribution in [-0.4, -0.2) is 16.0 Å². The zero-order chi connectivity index (χ0) is 25.7. The number of alkyl halides is 2. The van der Waals surface area contributed by atoms with Gasteiger partial charge in [0.25, 0.3) is 0 Å². The lowest BCUT2D eigenvalue weighted by atomic mass is 10.0. The molecule has 0 saturated heterocycles. The molecule has 35 heavy (non-hydrogen) atoms. The number of hydrogen-bond donors (Lipinski definition) is 1.